The fourth-order valence-electron chi connectivity index (χ4n) is 7.54. The molecule has 3 amide bonds. The molecule has 3 N–H and O–H groups in total. The zero-order valence-corrected chi connectivity index (χ0v) is 24.9. The third-order valence-electron chi connectivity index (χ3n) is 9.42. The first-order valence-electron chi connectivity index (χ1n) is 14.6. The van der Waals surface area contributed by atoms with Crippen LogP contribution in [0.5, 0.6) is 0 Å². The molecular formula is C34H37N3O4S. The molecular weight excluding hydrogens is 546 g/mol. The van der Waals surface area contributed by atoms with E-state index in [0.29, 0.717) is 12.1 Å². The van der Waals surface area contributed by atoms with Gasteiger partial charge >= 0.3 is 0 Å². The smallest absolute Gasteiger partial charge is 0.248 e. The Hall–Kier alpha value is -3.62. The molecule has 0 saturated carbocycles. The van der Waals surface area contributed by atoms with Crippen LogP contribution >= 0.6 is 11.8 Å². The summed E-state index contributed by atoms with van der Waals surface area (Å²) >= 11 is 1.64. The standard InChI is InChI=1S/C34H37N3O4S/c1-20-11-10-12-21(2)29(20)36-32(40)30-34-22(3)17-26(42-34)27(31(39)35-24-15-8-5-9-16-24)28(34)33(41)37(30)25(19-38)18-23-13-6-4-7-14-23/h4-16,22,25-28,30,38H,17-19H2,1-3H3,(H,35,39)(H,36,40)/t22?,25-,26-,27+,28+,30?,34?/m1/s1. The van der Waals surface area contributed by atoms with E-state index in [1.165, 1.54) is 0 Å². The third kappa shape index (κ3) is 4.61. The second kappa shape index (κ2) is 11.2. The number of nitrogens with one attached hydrogen (secondary N) is 2. The summed E-state index contributed by atoms with van der Waals surface area (Å²) in [7, 11) is 0. The maximum absolute atomic E-state index is 14.6. The van der Waals surface area contributed by atoms with Crippen LogP contribution in [0.25, 0.3) is 0 Å². The summed E-state index contributed by atoms with van der Waals surface area (Å²) in [5.74, 6) is -1.89. The largest absolute Gasteiger partial charge is 0.394 e. The molecule has 1 spiro atoms. The van der Waals surface area contributed by atoms with Crippen LogP contribution in [0.1, 0.15) is 30.0 Å². The molecule has 3 aliphatic heterocycles. The molecule has 3 fully saturated rings. The molecule has 7 atom stereocenters. The molecule has 3 heterocycles. The van der Waals surface area contributed by atoms with Gasteiger partial charge in [-0.1, -0.05) is 73.7 Å². The minimum atomic E-state index is -0.839. The Balaban J connectivity index is 1.42. The van der Waals surface area contributed by atoms with E-state index in [-0.39, 0.29) is 35.5 Å². The van der Waals surface area contributed by atoms with Crippen LogP contribution in [-0.2, 0) is 20.8 Å². The number of hydrogen-bond acceptors (Lipinski definition) is 5. The number of carbonyl (C=O) groups excluding carboxylic acids is 3. The van der Waals surface area contributed by atoms with Crippen LogP contribution in [0, 0.1) is 31.6 Å². The van der Waals surface area contributed by atoms with Gasteiger partial charge in [-0.05, 0) is 61.4 Å². The van der Waals surface area contributed by atoms with Crippen molar-refractivity contribution in [2.45, 2.75) is 55.7 Å². The number of carbonyl (C=O) groups is 3. The molecule has 0 aliphatic carbocycles. The van der Waals surface area contributed by atoms with Gasteiger partial charge in [-0.25, -0.2) is 0 Å². The molecule has 42 heavy (non-hydrogen) atoms. The summed E-state index contributed by atoms with van der Waals surface area (Å²) in [4.78, 5) is 44.6. The van der Waals surface area contributed by atoms with Crippen LogP contribution in [-0.4, -0.2) is 56.4 Å². The third-order valence-corrected chi connectivity index (χ3v) is 11.5. The number of aliphatic hydroxyl groups is 1. The highest BCUT2D eigenvalue weighted by atomic mass is 32.2. The average molecular weight is 584 g/mol. The Bertz CT molecular complexity index is 1480. The van der Waals surface area contributed by atoms with Gasteiger partial charge in [0.05, 0.1) is 29.2 Å². The van der Waals surface area contributed by atoms with Crippen molar-refractivity contribution in [1.82, 2.24) is 4.90 Å². The van der Waals surface area contributed by atoms with E-state index in [2.05, 4.69) is 17.6 Å². The number of benzene rings is 3. The van der Waals surface area contributed by atoms with E-state index >= 15 is 0 Å². The van der Waals surface area contributed by atoms with Crippen molar-refractivity contribution in [1.29, 1.82) is 0 Å². The highest BCUT2D eigenvalue weighted by Crippen LogP contribution is 2.69. The molecule has 3 unspecified atom stereocenters. The molecule has 8 heteroatoms. The average Bonchev–Trinajstić information content (AvgIpc) is 3.58. The highest BCUT2D eigenvalue weighted by Gasteiger charge is 2.76. The Morgan fingerprint density at radius 3 is 2.24 bits per heavy atom. The second-order valence-corrected chi connectivity index (χ2v) is 13.5. The van der Waals surface area contributed by atoms with Crippen molar-refractivity contribution in [3.8, 4) is 0 Å². The van der Waals surface area contributed by atoms with Crippen molar-refractivity contribution in [2.24, 2.45) is 17.8 Å². The zero-order chi connectivity index (χ0) is 29.6. The minimum absolute atomic E-state index is 0.0250. The SMILES string of the molecule is Cc1cccc(C)c1NC(=O)C1N([C@@H](CO)Cc2ccccc2)C(=O)[C@@H]2[C@@H](C(=O)Nc3ccccc3)[C@H]3CC(C)C12S3. The van der Waals surface area contributed by atoms with Gasteiger partial charge in [0.1, 0.15) is 6.04 Å². The minimum Gasteiger partial charge on any atom is -0.394 e. The molecule has 3 saturated heterocycles. The Labute approximate surface area is 251 Å². The van der Waals surface area contributed by atoms with Crippen LogP contribution in [0.3, 0.4) is 0 Å². The van der Waals surface area contributed by atoms with E-state index in [1.54, 1.807) is 16.7 Å². The lowest BCUT2D eigenvalue weighted by atomic mass is 9.65. The number of thioether (sulfide) groups is 1. The number of nitrogens with zero attached hydrogens (tertiary/aromatic N) is 1. The van der Waals surface area contributed by atoms with Gasteiger partial charge in [0.15, 0.2) is 0 Å². The fraction of sp³-hybridized carbons (Fsp3) is 0.382. The van der Waals surface area contributed by atoms with Crippen molar-refractivity contribution in [2.75, 3.05) is 17.2 Å². The molecule has 0 aromatic heterocycles. The number of hydrogen-bond donors (Lipinski definition) is 3. The first-order chi connectivity index (χ1) is 20.3. The van der Waals surface area contributed by atoms with Gasteiger partial charge in [-0.2, -0.15) is 0 Å². The normalized spacial score (nSPS) is 28.4. The number of aryl methyl sites for hydroxylation is 2. The summed E-state index contributed by atoms with van der Waals surface area (Å²) in [6.07, 6.45) is 1.15. The van der Waals surface area contributed by atoms with Gasteiger partial charge in [-0.3, -0.25) is 14.4 Å². The predicted molar refractivity (Wildman–Crippen MR) is 166 cm³/mol. The van der Waals surface area contributed by atoms with Crippen molar-refractivity contribution in [3.63, 3.8) is 0 Å². The number of fused-ring (bicyclic) bond motifs is 1. The number of para-hydroxylation sites is 2. The van der Waals surface area contributed by atoms with Crippen LogP contribution < -0.4 is 10.6 Å². The Morgan fingerprint density at radius 2 is 1.60 bits per heavy atom. The van der Waals surface area contributed by atoms with E-state index in [0.717, 1.165) is 28.8 Å². The summed E-state index contributed by atoms with van der Waals surface area (Å²) in [5.41, 5.74) is 4.26. The van der Waals surface area contributed by atoms with Crippen molar-refractivity contribution >= 4 is 40.9 Å². The van der Waals surface area contributed by atoms with Crippen LogP contribution in [0.15, 0.2) is 78.9 Å². The fourth-order valence-corrected chi connectivity index (χ4v) is 9.95. The topological polar surface area (TPSA) is 98.7 Å². The second-order valence-electron chi connectivity index (χ2n) is 11.9. The maximum Gasteiger partial charge on any atom is 0.248 e. The predicted octanol–water partition coefficient (Wildman–Crippen LogP) is 4.82. The van der Waals surface area contributed by atoms with E-state index in [4.69, 9.17) is 0 Å². The van der Waals surface area contributed by atoms with Gasteiger partial charge < -0.3 is 20.6 Å². The Morgan fingerprint density at radius 1 is 0.952 bits per heavy atom. The van der Waals surface area contributed by atoms with Gasteiger partial charge in [-0.15, -0.1) is 11.8 Å². The number of rotatable bonds is 8. The quantitative estimate of drug-likeness (QED) is 0.353. The molecule has 3 aromatic rings. The first kappa shape index (κ1) is 28.5. The zero-order valence-electron chi connectivity index (χ0n) is 24.1. The summed E-state index contributed by atoms with van der Waals surface area (Å²) in [6.45, 7) is 5.72. The number of anilines is 2. The monoisotopic (exact) mass is 583 g/mol. The molecule has 0 radical (unpaired) electrons. The molecule has 3 aromatic carbocycles. The molecule has 7 nitrogen and oxygen atoms in total. The van der Waals surface area contributed by atoms with E-state index in [9.17, 15) is 19.5 Å². The first-order valence-corrected chi connectivity index (χ1v) is 15.5. The van der Waals surface area contributed by atoms with Crippen molar-refractivity contribution < 1.29 is 19.5 Å². The molecule has 3 aliphatic rings. The van der Waals surface area contributed by atoms with Gasteiger partial charge in [0, 0.05) is 16.6 Å². The molecule has 6 rings (SSSR count). The number of amides is 3. The van der Waals surface area contributed by atoms with Gasteiger partial charge in [0.25, 0.3) is 0 Å². The number of likely N-dealkylation sites (tertiary alicyclic amines) is 1. The summed E-state index contributed by atoms with van der Waals surface area (Å²) in [5, 5.41) is 16.8. The highest BCUT2D eigenvalue weighted by molar-refractivity contribution is 8.02. The number of aliphatic hydroxyl groups excluding tert-OH is 1. The van der Waals surface area contributed by atoms with Crippen LogP contribution in [0.4, 0.5) is 11.4 Å². The summed E-state index contributed by atoms with van der Waals surface area (Å²) in [6, 6.07) is 23.4. The van der Waals surface area contributed by atoms with Gasteiger partial charge in [0.2, 0.25) is 17.7 Å². The van der Waals surface area contributed by atoms with E-state index in [1.807, 2.05) is 92.7 Å². The maximum atomic E-state index is 14.6. The molecule has 2 bridgehead atoms. The molecule has 218 valence electrons. The lowest BCUT2D eigenvalue weighted by Crippen LogP contribution is -2.57. The van der Waals surface area contributed by atoms with Crippen LogP contribution in [0.2, 0.25) is 0 Å². The van der Waals surface area contributed by atoms with E-state index < -0.39 is 28.7 Å². The summed E-state index contributed by atoms with van der Waals surface area (Å²) < 4.78 is -0.786. The lowest BCUT2D eigenvalue weighted by molar-refractivity contribution is -0.141. The lowest BCUT2D eigenvalue weighted by Gasteiger charge is -2.40. The van der Waals surface area contributed by atoms with Crippen molar-refractivity contribution in [3.05, 3.63) is 95.6 Å². The Kier molecular flexibility index (Phi) is 7.62.